The number of ether oxygens (including phenoxy) is 1. The highest BCUT2D eigenvalue weighted by Crippen LogP contribution is 2.36. The van der Waals surface area contributed by atoms with E-state index in [9.17, 15) is 14.7 Å². The molecule has 1 aromatic rings. The Labute approximate surface area is 153 Å². The lowest BCUT2D eigenvalue weighted by Crippen LogP contribution is -2.47. The zero-order valence-electron chi connectivity index (χ0n) is 16.2. The topological polar surface area (TPSA) is 87.9 Å². The van der Waals surface area contributed by atoms with E-state index < -0.39 is 11.0 Å². The van der Waals surface area contributed by atoms with E-state index in [2.05, 4.69) is 5.10 Å². The SMILES string of the molecule is CC1Cn2ncc(N3CC(C)(CO)CC3=O)c2CN1C(=O)OC(C)(C)C. The van der Waals surface area contributed by atoms with Gasteiger partial charge in [-0.15, -0.1) is 0 Å². The van der Waals surface area contributed by atoms with Crippen molar-refractivity contribution in [3.8, 4) is 0 Å². The number of anilines is 1. The molecule has 1 aromatic heterocycles. The molecule has 0 radical (unpaired) electrons. The number of carbonyl (C=O) groups excluding carboxylic acids is 2. The van der Waals surface area contributed by atoms with Crippen molar-refractivity contribution in [1.29, 1.82) is 0 Å². The fourth-order valence-corrected chi connectivity index (χ4v) is 3.49. The summed E-state index contributed by atoms with van der Waals surface area (Å²) < 4.78 is 7.37. The molecular formula is C18H28N4O4. The average molecular weight is 364 g/mol. The number of hydrogen-bond donors (Lipinski definition) is 1. The Morgan fingerprint density at radius 1 is 1.46 bits per heavy atom. The molecule has 1 fully saturated rings. The third kappa shape index (κ3) is 3.42. The highest BCUT2D eigenvalue weighted by Gasteiger charge is 2.42. The van der Waals surface area contributed by atoms with Gasteiger partial charge in [-0.3, -0.25) is 14.4 Å². The largest absolute Gasteiger partial charge is 0.444 e. The van der Waals surface area contributed by atoms with Crippen molar-refractivity contribution in [3.63, 3.8) is 0 Å². The summed E-state index contributed by atoms with van der Waals surface area (Å²) in [7, 11) is 0. The van der Waals surface area contributed by atoms with Gasteiger partial charge in [-0.05, 0) is 27.7 Å². The molecule has 2 unspecified atom stereocenters. The molecule has 0 aromatic carbocycles. The Bertz CT molecular complexity index is 723. The van der Waals surface area contributed by atoms with Gasteiger partial charge in [-0.1, -0.05) is 6.92 Å². The number of fused-ring (bicyclic) bond motifs is 1. The number of hydrogen-bond acceptors (Lipinski definition) is 5. The van der Waals surface area contributed by atoms with Crippen LogP contribution in [0.2, 0.25) is 0 Å². The van der Waals surface area contributed by atoms with E-state index in [1.54, 1.807) is 16.0 Å². The molecular weight excluding hydrogens is 336 g/mol. The van der Waals surface area contributed by atoms with Crippen LogP contribution in [0.15, 0.2) is 6.20 Å². The maximum Gasteiger partial charge on any atom is 0.410 e. The average Bonchev–Trinajstić information content (AvgIpc) is 3.05. The van der Waals surface area contributed by atoms with Crippen LogP contribution in [0.5, 0.6) is 0 Å². The number of aliphatic hydroxyl groups excluding tert-OH is 1. The molecule has 3 rings (SSSR count). The number of rotatable bonds is 2. The van der Waals surface area contributed by atoms with Crippen LogP contribution < -0.4 is 4.90 Å². The Morgan fingerprint density at radius 2 is 2.15 bits per heavy atom. The first-order valence-corrected chi connectivity index (χ1v) is 8.98. The van der Waals surface area contributed by atoms with Gasteiger partial charge >= 0.3 is 6.09 Å². The third-order valence-corrected chi connectivity index (χ3v) is 4.94. The van der Waals surface area contributed by atoms with Gasteiger partial charge in [0.05, 0.1) is 43.3 Å². The molecule has 1 N–H and O–H groups in total. The summed E-state index contributed by atoms with van der Waals surface area (Å²) >= 11 is 0. The van der Waals surface area contributed by atoms with Crippen LogP contribution in [-0.2, 0) is 22.6 Å². The van der Waals surface area contributed by atoms with Gasteiger partial charge < -0.3 is 14.7 Å². The Balaban J connectivity index is 1.85. The molecule has 0 aliphatic carbocycles. The molecule has 144 valence electrons. The van der Waals surface area contributed by atoms with Gasteiger partial charge in [0.2, 0.25) is 5.91 Å². The Kier molecular flexibility index (Phi) is 4.50. The second-order valence-electron chi connectivity index (χ2n) is 8.74. The van der Waals surface area contributed by atoms with Crippen molar-refractivity contribution in [2.75, 3.05) is 18.1 Å². The van der Waals surface area contributed by atoms with Crippen molar-refractivity contribution in [3.05, 3.63) is 11.9 Å². The fraction of sp³-hybridized carbons (Fsp3) is 0.722. The molecule has 0 bridgehead atoms. The normalized spacial score (nSPS) is 26.2. The molecule has 2 aliphatic heterocycles. The molecule has 2 atom stereocenters. The summed E-state index contributed by atoms with van der Waals surface area (Å²) in [6, 6.07) is -0.0536. The van der Waals surface area contributed by atoms with E-state index in [4.69, 9.17) is 4.74 Å². The number of amides is 2. The predicted octanol–water partition coefficient (Wildman–Crippen LogP) is 1.76. The van der Waals surface area contributed by atoms with Crippen LogP contribution in [0, 0.1) is 5.41 Å². The second-order valence-corrected chi connectivity index (χ2v) is 8.74. The van der Waals surface area contributed by atoms with E-state index in [-0.39, 0.29) is 24.6 Å². The number of nitrogens with zero attached hydrogens (tertiary/aromatic N) is 4. The van der Waals surface area contributed by atoms with E-state index >= 15 is 0 Å². The lowest BCUT2D eigenvalue weighted by atomic mass is 9.91. The van der Waals surface area contributed by atoms with Crippen LogP contribution in [0.25, 0.3) is 0 Å². The van der Waals surface area contributed by atoms with Crippen LogP contribution in [-0.4, -0.2) is 56.6 Å². The van der Waals surface area contributed by atoms with Crippen LogP contribution in [0.4, 0.5) is 10.5 Å². The zero-order valence-corrected chi connectivity index (χ0v) is 16.2. The number of aromatic nitrogens is 2. The maximum atomic E-state index is 12.6. The minimum absolute atomic E-state index is 0.0280. The maximum absolute atomic E-state index is 12.6. The first-order valence-electron chi connectivity index (χ1n) is 8.98. The van der Waals surface area contributed by atoms with Crippen molar-refractivity contribution >= 4 is 17.7 Å². The summed E-state index contributed by atoms with van der Waals surface area (Å²) in [6.07, 6.45) is 1.62. The summed E-state index contributed by atoms with van der Waals surface area (Å²) in [5, 5.41) is 14.0. The first-order chi connectivity index (χ1) is 12.0. The second kappa shape index (κ2) is 6.26. The fourth-order valence-electron chi connectivity index (χ4n) is 3.49. The smallest absolute Gasteiger partial charge is 0.410 e. The Hall–Kier alpha value is -2.09. The van der Waals surface area contributed by atoms with Crippen LogP contribution in [0.1, 0.15) is 46.7 Å². The number of carbonyl (C=O) groups is 2. The van der Waals surface area contributed by atoms with Crippen molar-refractivity contribution in [2.24, 2.45) is 5.41 Å². The van der Waals surface area contributed by atoms with Gasteiger partial charge in [0.15, 0.2) is 0 Å². The molecule has 8 nitrogen and oxygen atoms in total. The molecule has 0 spiro atoms. The van der Waals surface area contributed by atoms with E-state index in [0.29, 0.717) is 31.7 Å². The molecule has 2 aliphatic rings. The highest BCUT2D eigenvalue weighted by atomic mass is 16.6. The van der Waals surface area contributed by atoms with Crippen LogP contribution in [0.3, 0.4) is 0 Å². The highest BCUT2D eigenvalue weighted by molar-refractivity contribution is 5.96. The van der Waals surface area contributed by atoms with E-state index in [1.165, 1.54) is 0 Å². The lowest BCUT2D eigenvalue weighted by Gasteiger charge is -2.36. The third-order valence-electron chi connectivity index (χ3n) is 4.94. The van der Waals surface area contributed by atoms with Crippen molar-refractivity contribution in [1.82, 2.24) is 14.7 Å². The van der Waals surface area contributed by atoms with Crippen molar-refractivity contribution < 1.29 is 19.4 Å². The molecule has 2 amide bonds. The summed E-state index contributed by atoms with van der Waals surface area (Å²) in [4.78, 5) is 28.4. The van der Waals surface area contributed by atoms with E-state index in [0.717, 1.165) is 5.69 Å². The lowest BCUT2D eigenvalue weighted by molar-refractivity contribution is -0.117. The Morgan fingerprint density at radius 3 is 2.73 bits per heavy atom. The summed E-state index contributed by atoms with van der Waals surface area (Å²) in [5.41, 5.74) is 0.529. The monoisotopic (exact) mass is 364 g/mol. The minimum atomic E-state index is -0.564. The molecule has 1 saturated heterocycles. The van der Waals surface area contributed by atoms with Gasteiger partial charge in [-0.2, -0.15) is 5.10 Å². The van der Waals surface area contributed by atoms with Crippen molar-refractivity contribution in [2.45, 2.75) is 65.8 Å². The van der Waals surface area contributed by atoms with Gasteiger partial charge in [0.25, 0.3) is 0 Å². The first kappa shape index (κ1) is 18.7. The summed E-state index contributed by atoms with van der Waals surface area (Å²) in [5.74, 6) is -0.0280. The van der Waals surface area contributed by atoms with Crippen LogP contribution >= 0.6 is 0 Å². The quantitative estimate of drug-likeness (QED) is 0.864. The zero-order chi connectivity index (χ0) is 19.3. The minimum Gasteiger partial charge on any atom is -0.444 e. The van der Waals surface area contributed by atoms with Gasteiger partial charge in [-0.25, -0.2) is 4.79 Å². The van der Waals surface area contributed by atoms with Gasteiger partial charge in [0, 0.05) is 18.4 Å². The molecule has 0 saturated carbocycles. The standard InChI is InChI=1S/C18H28N4O4/c1-12-8-22-14(9-20(12)16(25)26-17(2,3)4)13(7-19-22)21-10-18(5,11-23)6-15(21)24/h7,12,23H,6,8-11H2,1-5H3. The summed E-state index contributed by atoms with van der Waals surface area (Å²) in [6.45, 7) is 10.7. The number of aliphatic hydroxyl groups is 1. The molecule has 26 heavy (non-hydrogen) atoms. The predicted molar refractivity (Wildman–Crippen MR) is 95.6 cm³/mol. The van der Waals surface area contributed by atoms with Gasteiger partial charge in [0.1, 0.15) is 5.60 Å². The van der Waals surface area contributed by atoms with E-state index in [1.807, 2.05) is 39.3 Å². The molecule has 8 heteroatoms. The molecule has 3 heterocycles.